The molecule has 1 saturated heterocycles. The van der Waals surface area contributed by atoms with E-state index in [1.54, 1.807) is 24.2 Å². The van der Waals surface area contributed by atoms with Crippen LogP contribution in [0, 0.1) is 12.8 Å². The number of ketones is 2. The average molecular weight is 767 g/mol. The second kappa shape index (κ2) is 16.0. The van der Waals surface area contributed by atoms with Gasteiger partial charge in [-0.05, 0) is 73.9 Å². The third-order valence-corrected chi connectivity index (χ3v) is 8.43. The number of amides is 2. The lowest BCUT2D eigenvalue weighted by Gasteiger charge is -2.31. The van der Waals surface area contributed by atoms with E-state index in [0.29, 0.717) is 48.4 Å². The SMILES string of the molecule is Cc1ncoc1C(=O)N1CCC(CC(=O)Nc2ccc3cc2CCc2cncc(c2)Nc2ncc(Cl)c(n2)N3)CC1.O=C(C(=O)C(F)(F)F)C(F)(F)F. The monoisotopic (exact) mass is 766 g/mol. The maximum absolute atomic E-state index is 13.1. The summed E-state index contributed by atoms with van der Waals surface area (Å²) in [5, 5.41) is 9.98. The summed E-state index contributed by atoms with van der Waals surface area (Å²) in [6.45, 7) is 2.92. The van der Waals surface area contributed by atoms with Crippen LogP contribution in [0.25, 0.3) is 0 Å². The van der Waals surface area contributed by atoms with Crippen LogP contribution < -0.4 is 16.0 Å². The molecule has 0 aliphatic carbocycles. The molecule has 3 N–H and O–H groups in total. The molecule has 0 saturated carbocycles. The molecule has 4 aromatic rings. The Balaban J connectivity index is 0.000000390. The molecule has 1 aromatic carbocycles. The molecule has 0 unspecified atom stereocenters. The number of halogens is 7. The Morgan fingerprint density at radius 1 is 0.925 bits per heavy atom. The highest BCUT2D eigenvalue weighted by Crippen LogP contribution is 2.30. The summed E-state index contributed by atoms with van der Waals surface area (Å²) in [7, 11) is 0. The maximum atomic E-state index is 13.1. The Bertz CT molecular complexity index is 1990. The highest BCUT2D eigenvalue weighted by atomic mass is 35.5. The molecule has 3 aromatic heterocycles. The van der Waals surface area contributed by atoms with Crippen molar-refractivity contribution in [2.24, 2.45) is 5.92 Å². The van der Waals surface area contributed by atoms with Gasteiger partial charge in [-0.15, -0.1) is 0 Å². The number of aryl methyl sites for hydroxylation is 3. The summed E-state index contributed by atoms with van der Waals surface area (Å²) < 4.78 is 72.2. The van der Waals surface area contributed by atoms with E-state index in [9.17, 15) is 45.5 Å². The fourth-order valence-corrected chi connectivity index (χ4v) is 5.60. The van der Waals surface area contributed by atoms with Crippen molar-refractivity contribution >= 4 is 63.8 Å². The predicted octanol–water partition coefficient (Wildman–Crippen LogP) is 6.54. The Morgan fingerprint density at radius 2 is 1.62 bits per heavy atom. The Hall–Kier alpha value is -5.59. The van der Waals surface area contributed by atoms with Gasteiger partial charge in [0, 0.05) is 37.1 Å². The third-order valence-electron chi connectivity index (χ3n) is 8.16. The topological polar surface area (TPSA) is 172 Å². The summed E-state index contributed by atoms with van der Waals surface area (Å²) in [6, 6.07) is 7.81. The van der Waals surface area contributed by atoms with Crippen molar-refractivity contribution < 1.29 is 49.9 Å². The number of carbonyl (C=O) groups is 4. The van der Waals surface area contributed by atoms with Gasteiger partial charge >= 0.3 is 23.9 Å². The van der Waals surface area contributed by atoms with E-state index < -0.39 is 23.9 Å². The predicted molar refractivity (Wildman–Crippen MR) is 177 cm³/mol. The molecule has 2 amide bonds. The van der Waals surface area contributed by atoms with Crippen LogP contribution in [-0.2, 0) is 27.2 Å². The Labute approximate surface area is 301 Å². The first-order valence-electron chi connectivity index (χ1n) is 15.8. The zero-order valence-corrected chi connectivity index (χ0v) is 28.3. The van der Waals surface area contributed by atoms with E-state index in [4.69, 9.17) is 16.0 Å². The average Bonchev–Trinajstić information content (AvgIpc) is 3.54. The van der Waals surface area contributed by atoms with E-state index in [0.717, 1.165) is 47.5 Å². The minimum Gasteiger partial charge on any atom is -0.438 e. The largest absolute Gasteiger partial charge is 0.458 e. The summed E-state index contributed by atoms with van der Waals surface area (Å²) in [4.78, 5) is 64.0. The molecule has 280 valence electrons. The number of aromatic nitrogens is 4. The zero-order valence-electron chi connectivity index (χ0n) is 27.6. The van der Waals surface area contributed by atoms with Crippen LogP contribution in [0.3, 0.4) is 0 Å². The van der Waals surface area contributed by atoms with Crippen LogP contribution in [0.1, 0.15) is 46.6 Å². The number of fused-ring (bicyclic) bond motifs is 6. The summed E-state index contributed by atoms with van der Waals surface area (Å²) in [5.74, 6) is -5.65. The van der Waals surface area contributed by atoms with E-state index in [1.165, 1.54) is 6.39 Å². The standard InChI is InChI=1S/C29H29ClN8O3.C4F6O2/c1-17-26(41-16-33-17)28(40)38-8-6-18(7-9-38)11-25(39)36-24-5-4-21-12-20(24)3-2-19-10-22(14-31-13-19)35-29-32-15-23(30)27(34-21)37-29;5-3(6,7)1(11)2(12)4(8,9)10/h4-5,10,12-16,18H,2-3,6-9,11H2,1H3,(H,36,39)(H2,32,34,35,37);. The quantitative estimate of drug-likeness (QED) is 0.149. The first-order chi connectivity index (χ1) is 25.0. The van der Waals surface area contributed by atoms with E-state index >= 15 is 0 Å². The number of piperidine rings is 1. The van der Waals surface area contributed by atoms with Crippen LogP contribution in [0.2, 0.25) is 5.02 Å². The highest BCUT2D eigenvalue weighted by molar-refractivity contribution is 6.41. The number of nitrogens with zero attached hydrogens (tertiary/aromatic N) is 5. The number of benzene rings is 1. The number of anilines is 5. The number of Topliss-reactive ketones (excluding diaryl/α,β-unsaturated/α-hetero) is 2. The molecule has 0 radical (unpaired) electrons. The number of pyridine rings is 1. The van der Waals surface area contributed by atoms with Crippen LogP contribution >= 0.6 is 11.6 Å². The van der Waals surface area contributed by atoms with E-state index in [1.807, 2.05) is 30.5 Å². The van der Waals surface area contributed by atoms with Gasteiger partial charge in [0.05, 0.1) is 23.8 Å². The van der Waals surface area contributed by atoms with Crippen LogP contribution in [0.15, 0.2) is 53.7 Å². The number of rotatable bonds is 5. The normalized spacial score (nSPS) is 14.5. The van der Waals surface area contributed by atoms with E-state index in [-0.39, 0.29) is 23.5 Å². The van der Waals surface area contributed by atoms with Crippen molar-refractivity contribution in [2.75, 3.05) is 29.0 Å². The van der Waals surface area contributed by atoms with E-state index in [2.05, 4.69) is 35.9 Å². The lowest BCUT2D eigenvalue weighted by atomic mass is 9.93. The second-order valence-electron chi connectivity index (χ2n) is 12.0. The van der Waals surface area contributed by atoms with Crippen LogP contribution in [-0.4, -0.2) is 73.7 Å². The third kappa shape index (κ3) is 10.1. The molecule has 2 aliphatic heterocycles. The fraction of sp³-hybridized carbons (Fsp3) is 0.333. The summed E-state index contributed by atoms with van der Waals surface area (Å²) in [5.41, 5.74) is 4.95. The van der Waals surface area contributed by atoms with Gasteiger partial charge in [0.2, 0.25) is 17.6 Å². The minimum atomic E-state index is -5.77. The van der Waals surface area contributed by atoms with Crippen molar-refractivity contribution in [1.82, 2.24) is 24.8 Å². The molecule has 53 heavy (non-hydrogen) atoms. The molecule has 5 heterocycles. The van der Waals surface area contributed by atoms with Gasteiger partial charge in [-0.2, -0.15) is 31.3 Å². The molecule has 13 nitrogen and oxygen atoms in total. The highest BCUT2D eigenvalue weighted by Gasteiger charge is 2.54. The molecule has 0 spiro atoms. The van der Waals surface area contributed by atoms with Crippen LogP contribution in [0.5, 0.6) is 0 Å². The van der Waals surface area contributed by atoms with Gasteiger partial charge in [0.1, 0.15) is 5.02 Å². The first-order valence-corrected chi connectivity index (χ1v) is 16.2. The van der Waals surface area contributed by atoms with Gasteiger partial charge in [-0.3, -0.25) is 24.2 Å². The summed E-state index contributed by atoms with van der Waals surface area (Å²) >= 11 is 6.37. The van der Waals surface area contributed by atoms with Gasteiger partial charge in [-0.1, -0.05) is 11.6 Å². The Kier molecular flexibility index (Phi) is 11.6. The number of hydrogen-bond donors (Lipinski definition) is 3. The molecular weight excluding hydrogens is 738 g/mol. The molecule has 0 atom stereocenters. The van der Waals surface area contributed by atoms with Crippen LogP contribution in [0.4, 0.5) is 55.2 Å². The van der Waals surface area contributed by atoms with Crippen molar-refractivity contribution in [3.63, 3.8) is 0 Å². The second-order valence-corrected chi connectivity index (χ2v) is 12.4. The van der Waals surface area contributed by atoms with Crippen molar-refractivity contribution in [1.29, 1.82) is 0 Å². The molecule has 6 rings (SSSR count). The molecule has 6 bridgehead atoms. The van der Waals surface area contributed by atoms with Gasteiger partial charge < -0.3 is 25.3 Å². The first kappa shape index (κ1) is 38.6. The number of hydrogen-bond acceptors (Lipinski definition) is 11. The lowest BCUT2D eigenvalue weighted by molar-refractivity contribution is -0.193. The number of carbonyl (C=O) groups excluding carboxylic acids is 4. The minimum absolute atomic E-state index is 0.0444. The lowest BCUT2D eigenvalue weighted by Crippen LogP contribution is -2.39. The number of alkyl halides is 6. The number of nitrogens with one attached hydrogen (secondary N) is 3. The molecular formula is C33H29ClF6N8O5. The van der Waals surface area contributed by atoms with Crippen molar-refractivity contribution in [2.45, 2.75) is 51.4 Å². The Morgan fingerprint density at radius 3 is 2.26 bits per heavy atom. The van der Waals surface area contributed by atoms with Gasteiger partial charge in [-0.25, -0.2) is 9.97 Å². The number of likely N-dealkylation sites (tertiary alicyclic amines) is 1. The molecule has 2 aliphatic rings. The zero-order chi connectivity index (χ0) is 38.5. The molecule has 20 heteroatoms. The number of oxazole rings is 1. The van der Waals surface area contributed by atoms with Gasteiger partial charge in [0.15, 0.2) is 12.2 Å². The summed E-state index contributed by atoms with van der Waals surface area (Å²) in [6.07, 6.45) is -1.85. The molecule has 1 fully saturated rings. The van der Waals surface area contributed by atoms with Crippen molar-refractivity contribution in [3.05, 3.63) is 76.9 Å². The fourth-order valence-electron chi connectivity index (χ4n) is 5.46. The van der Waals surface area contributed by atoms with Crippen molar-refractivity contribution in [3.8, 4) is 0 Å². The maximum Gasteiger partial charge on any atom is 0.458 e. The van der Waals surface area contributed by atoms with Gasteiger partial charge in [0.25, 0.3) is 5.91 Å². The smallest absolute Gasteiger partial charge is 0.438 e.